The molecule has 1 aliphatic rings. The van der Waals surface area contributed by atoms with Crippen molar-refractivity contribution in [3.8, 4) is 5.88 Å². The zero-order valence-electron chi connectivity index (χ0n) is 17.6. The lowest BCUT2D eigenvalue weighted by atomic mass is 10.1. The maximum Gasteiger partial charge on any atom is 0.305 e. The molecule has 0 saturated heterocycles. The average molecular weight is 422 g/mol. The van der Waals surface area contributed by atoms with Gasteiger partial charge in [-0.15, -0.1) is 0 Å². The van der Waals surface area contributed by atoms with Gasteiger partial charge in [-0.2, -0.15) is 5.10 Å². The van der Waals surface area contributed by atoms with E-state index in [1.54, 1.807) is 24.1 Å². The Labute approximate surface area is 181 Å². The van der Waals surface area contributed by atoms with Crippen molar-refractivity contribution >= 4 is 11.8 Å². The van der Waals surface area contributed by atoms with Crippen molar-refractivity contribution < 1.29 is 14.6 Å². The Kier molecular flexibility index (Phi) is 6.45. The maximum absolute atomic E-state index is 11.4. The number of aromatic nitrogens is 4. The molecule has 3 aromatic rings. The lowest BCUT2D eigenvalue weighted by Crippen LogP contribution is -2.16. The quantitative estimate of drug-likeness (QED) is 0.547. The van der Waals surface area contributed by atoms with Crippen LogP contribution in [0.1, 0.15) is 47.8 Å². The minimum Gasteiger partial charge on any atom is -0.481 e. The Morgan fingerprint density at radius 1 is 1.23 bits per heavy atom. The number of nitrogens with one attached hydrogen (secondary N) is 1. The summed E-state index contributed by atoms with van der Waals surface area (Å²) in [7, 11) is 1.55. The maximum atomic E-state index is 11.4. The van der Waals surface area contributed by atoms with E-state index in [9.17, 15) is 9.90 Å². The fraction of sp³-hybridized carbons (Fsp3) is 0.391. The Morgan fingerprint density at radius 2 is 2.10 bits per heavy atom. The number of nitrogens with zero attached hydrogens (tertiary/aromatic N) is 4. The Hall–Kier alpha value is -3.42. The third-order valence-electron chi connectivity index (χ3n) is 5.52. The lowest BCUT2D eigenvalue weighted by Gasteiger charge is -2.17. The van der Waals surface area contributed by atoms with Gasteiger partial charge in [0.2, 0.25) is 5.88 Å². The molecular formula is C23H27N5O3. The summed E-state index contributed by atoms with van der Waals surface area (Å²) < 4.78 is 6.81. The van der Waals surface area contributed by atoms with Crippen LogP contribution in [0.2, 0.25) is 0 Å². The normalized spacial score (nSPS) is 13.8. The predicted octanol–water partition coefficient (Wildman–Crippen LogP) is 3.28. The lowest BCUT2D eigenvalue weighted by molar-refractivity contribution is -0.137. The second-order valence-corrected chi connectivity index (χ2v) is 7.73. The monoisotopic (exact) mass is 421 g/mol. The largest absolute Gasteiger partial charge is 0.481 e. The van der Waals surface area contributed by atoms with Crippen LogP contribution >= 0.6 is 0 Å². The summed E-state index contributed by atoms with van der Waals surface area (Å²) >= 11 is 0. The van der Waals surface area contributed by atoms with Crippen molar-refractivity contribution in [2.75, 3.05) is 19.0 Å². The number of rotatable bonds is 9. The van der Waals surface area contributed by atoms with Crippen molar-refractivity contribution in [1.29, 1.82) is 0 Å². The van der Waals surface area contributed by atoms with Crippen LogP contribution in [-0.4, -0.2) is 44.5 Å². The van der Waals surface area contributed by atoms with Crippen molar-refractivity contribution in [2.24, 2.45) is 0 Å². The van der Waals surface area contributed by atoms with Gasteiger partial charge in [-0.05, 0) is 61.4 Å². The number of aryl methyl sites for hydroxylation is 3. The molecule has 31 heavy (non-hydrogen) atoms. The standard InChI is InChI=1S/C23H27N5O3/c1-31-21-10-8-17(15-25-21)20(14-22(29)30)28-13-11-19(27-28)6-2-5-18-9-7-16-4-3-12-24-23(16)26-18/h7-11,13,15,20H,2-6,12,14H2,1H3,(H,24,26)(H,29,30). The number of carboxylic acid groups (broad SMARTS) is 1. The van der Waals surface area contributed by atoms with E-state index >= 15 is 0 Å². The SMILES string of the molecule is COc1ccc(C(CC(=O)O)n2ccc(CCCc3ccc4c(n3)NCCC4)n2)cn1. The van der Waals surface area contributed by atoms with Crippen LogP contribution in [0.4, 0.5) is 5.82 Å². The van der Waals surface area contributed by atoms with E-state index in [4.69, 9.17) is 9.72 Å². The van der Waals surface area contributed by atoms with E-state index in [2.05, 4.69) is 27.5 Å². The molecule has 0 radical (unpaired) electrons. The molecular weight excluding hydrogens is 394 g/mol. The minimum absolute atomic E-state index is 0.0683. The summed E-state index contributed by atoms with van der Waals surface area (Å²) in [5, 5.41) is 17.4. The Balaban J connectivity index is 1.40. The van der Waals surface area contributed by atoms with Gasteiger partial charge in [0.25, 0.3) is 0 Å². The summed E-state index contributed by atoms with van der Waals surface area (Å²) in [6.45, 7) is 0.988. The van der Waals surface area contributed by atoms with Crippen molar-refractivity contribution in [3.63, 3.8) is 0 Å². The number of carboxylic acids is 1. The van der Waals surface area contributed by atoms with E-state index in [1.807, 2.05) is 18.3 Å². The highest BCUT2D eigenvalue weighted by molar-refractivity contribution is 5.68. The van der Waals surface area contributed by atoms with Gasteiger partial charge in [0.05, 0.1) is 25.3 Å². The van der Waals surface area contributed by atoms with Crippen LogP contribution < -0.4 is 10.1 Å². The first-order valence-electron chi connectivity index (χ1n) is 10.6. The zero-order chi connectivity index (χ0) is 21.6. The van der Waals surface area contributed by atoms with E-state index in [0.717, 1.165) is 61.4 Å². The van der Waals surface area contributed by atoms with Crippen LogP contribution in [-0.2, 0) is 24.1 Å². The van der Waals surface area contributed by atoms with Gasteiger partial charge in [-0.3, -0.25) is 9.48 Å². The number of aliphatic carboxylic acids is 1. The molecule has 0 saturated carbocycles. The number of carbonyl (C=O) groups is 1. The molecule has 0 bridgehead atoms. The second kappa shape index (κ2) is 9.59. The summed E-state index contributed by atoms with van der Waals surface area (Å²) in [6.07, 6.45) is 8.28. The fourth-order valence-corrected chi connectivity index (χ4v) is 3.88. The molecule has 0 aromatic carbocycles. The zero-order valence-corrected chi connectivity index (χ0v) is 17.6. The third kappa shape index (κ3) is 5.20. The molecule has 8 heteroatoms. The molecule has 4 heterocycles. The highest BCUT2D eigenvalue weighted by atomic mass is 16.5. The number of anilines is 1. The summed E-state index contributed by atoms with van der Waals surface area (Å²) in [4.78, 5) is 20.4. The summed E-state index contributed by atoms with van der Waals surface area (Å²) in [5.74, 6) is 0.632. The van der Waals surface area contributed by atoms with Gasteiger partial charge in [-0.25, -0.2) is 9.97 Å². The Morgan fingerprint density at radius 3 is 2.87 bits per heavy atom. The van der Waals surface area contributed by atoms with Crippen LogP contribution in [0.25, 0.3) is 0 Å². The number of ether oxygens (including phenoxy) is 1. The molecule has 2 N–H and O–H groups in total. The first-order valence-corrected chi connectivity index (χ1v) is 10.6. The molecule has 1 unspecified atom stereocenters. The molecule has 4 rings (SSSR count). The van der Waals surface area contributed by atoms with Gasteiger partial charge in [0, 0.05) is 30.7 Å². The van der Waals surface area contributed by atoms with Gasteiger partial charge in [-0.1, -0.05) is 6.07 Å². The topological polar surface area (TPSA) is 102 Å². The molecule has 1 aliphatic heterocycles. The Bertz CT molecular complexity index is 1030. The van der Waals surface area contributed by atoms with E-state index < -0.39 is 12.0 Å². The van der Waals surface area contributed by atoms with E-state index in [1.165, 1.54) is 5.56 Å². The number of hydrogen-bond donors (Lipinski definition) is 2. The smallest absolute Gasteiger partial charge is 0.305 e. The first kappa shape index (κ1) is 20.8. The number of hydrogen-bond acceptors (Lipinski definition) is 6. The molecule has 0 fully saturated rings. The molecule has 0 spiro atoms. The molecule has 0 amide bonds. The predicted molar refractivity (Wildman–Crippen MR) is 116 cm³/mol. The van der Waals surface area contributed by atoms with Crippen molar-refractivity contribution in [1.82, 2.24) is 19.7 Å². The second-order valence-electron chi connectivity index (χ2n) is 7.73. The number of pyridine rings is 2. The van der Waals surface area contributed by atoms with Crippen LogP contribution in [0.15, 0.2) is 42.7 Å². The first-order chi connectivity index (χ1) is 15.1. The third-order valence-corrected chi connectivity index (χ3v) is 5.52. The molecule has 1 atom stereocenters. The number of methoxy groups -OCH3 is 1. The van der Waals surface area contributed by atoms with E-state index in [-0.39, 0.29) is 6.42 Å². The highest BCUT2D eigenvalue weighted by Crippen LogP contribution is 2.23. The average Bonchev–Trinajstić information content (AvgIpc) is 3.26. The van der Waals surface area contributed by atoms with Crippen LogP contribution in [0.5, 0.6) is 5.88 Å². The van der Waals surface area contributed by atoms with E-state index in [0.29, 0.717) is 5.88 Å². The van der Waals surface area contributed by atoms with Gasteiger partial charge in [0.15, 0.2) is 0 Å². The molecule has 8 nitrogen and oxygen atoms in total. The van der Waals surface area contributed by atoms with Gasteiger partial charge in [0.1, 0.15) is 5.82 Å². The van der Waals surface area contributed by atoms with Crippen LogP contribution in [0, 0.1) is 0 Å². The molecule has 0 aliphatic carbocycles. The number of fused-ring (bicyclic) bond motifs is 1. The molecule has 3 aromatic heterocycles. The van der Waals surface area contributed by atoms with Crippen molar-refractivity contribution in [2.45, 2.75) is 44.6 Å². The van der Waals surface area contributed by atoms with Gasteiger partial charge >= 0.3 is 5.97 Å². The highest BCUT2D eigenvalue weighted by Gasteiger charge is 2.19. The molecule has 162 valence electrons. The summed E-state index contributed by atoms with van der Waals surface area (Å²) in [5.41, 5.74) is 4.10. The summed E-state index contributed by atoms with van der Waals surface area (Å²) in [6, 6.07) is 9.39. The fourth-order valence-electron chi connectivity index (χ4n) is 3.88. The minimum atomic E-state index is -0.884. The van der Waals surface area contributed by atoms with Crippen LogP contribution in [0.3, 0.4) is 0 Å². The van der Waals surface area contributed by atoms with Crippen molar-refractivity contribution in [3.05, 3.63) is 65.2 Å². The van der Waals surface area contributed by atoms with Gasteiger partial charge < -0.3 is 15.2 Å².